The van der Waals surface area contributed by atoms with Crippen LogP contribution in [0.4, 0.5) is 0 Å². The van der Waals surface area contributed by atoms with Crippen LogP contribution in [0.1, 0.15) is 5.56 Å². The van der Waals surface area contributed by atoms with Crippen LogP contribution in [0.15, 0.2) is 36.5 Å². The van der Waals surface area contributed by atoms with Crippen molar-refractivity contribution >= 4 is 21.9 Å². The van der Waals surface area contributed by atoms with Gasteiger partial charge in [-0.15, -0.1) is 0 Å². The molecule has 1 aromatic carbocycles. The van der Waals surface area contributed by atoms with Crippen LogP contribution in [0.25, 0.3) is 21.9 Å². The number of hydrogen-bond donors (Lipinski definition) is 0. The number of aryl methyl sites for hydroxylation is 1. The Hall–Kier alpha value is -2.34. The van der Waals surface area contributed by atoms with Crippen LogP contribution in [0.3, 0.4) is 0 Å². The van der Waals surface area contributed by atoms with Gasteiger partial charge in [-0.1, -0.05) is 18.2 Å². The van der Waals surface area contributed by atoms with Crippen molar-refractivity contribution in [2.24, 2.45) is 7.05 Å². The van der Waals surface area contributed by atoms with Crippen LogP contribution in [0.5, 0.6) is 0 Å². The molecule has 0 saturated heterocycles. The monoisotopic (exact) mass is 207 g/mol. The first-order valence-electron chi connectivity index (χ1n) is 5.04. The minimum absolute atomic E-state index is 0.596. The van der Waals surface area contributed by atoms with E-state index in [4.69, 9.17) is 5.26 Å². The number of fused-ring (bicyclic) bond motifs is 3. The summed E-state index contributed by atoms with van der Waals surface area (Å²) in [4.78, 5) is 4.36. The summed E-state index contributed by atoms with van der Waals surface area (Å²) in [6.45, 7) is 0. The highest BCUT2D eigenvalue weighted by molar-refractivity contribution is 6.05. The molecule has 0 atom stereocenters. The molecule has 2 aromatic heterocycles. The maximum atomic E-state index is 8.86. The zero-order valence-electron chi connectivity index (χ0n) is 8.81. The van der Waals surface area contributed by atoms with E-state index in [2.05, 4.69) is 27.8 Å². The first-order chi connectivity index (χ1) is 7.81. The molecule has 0 aliphatic rings. The molecule has 2 heterocycles. The molecule has 76 valence electrons. The number of para-hydroxylation sites is 1. The Balaban J connectivity index is 2.57. The average Bonchev–Trinajstić information content (AvgIpc) is 2.64. The predicted molar refractivity (Wildman–Crippen MR) is 62.9 cm³/mol. The van der Waals surface area contributed by atoms with Gasteiger partial charge in [0.05, 0.1) is 22.1 Å². The van der Waals surface area contributed by atoms with E-state index in [0.717, 1.165) is 21.9 Å². The van der Waals surface area contributed by atoms with Crippen LogP contribution in [-0.2, 0) is 7.05 Å². The second kappa shape index (κ2) is 3.07. The normalized spacial score (nSPS) is 10.8. The minimum atomic E-state index is 0.596. The SMILES string of the molecule is Cn1c2ccccc2c2ncc(C#N)cc21. The van der Waals surface area contributed by atoms with Gasteiger partial charge in [-0.05, 0) is 12.1 Å². The third kappa shape index (κ3) is 1.04. The second-order valence-electron chi connectivity index (χ2n) is 3.78. The first kappa shape index (κ1) is 8.93. The lowest BCUT2D eigenvalue weighted by Gasteiger charge is -1.96. The van der Waals surface area contributed by atoms with Gasteiger partial charge in [-0.2, -0.15) is 5.26 Å². The van der Waals surface area contributed by atoms with Gasteiger partial charge < -0.3 is 4.57 Å². The quantitative estimate of drug-likeness (QED) is 0.568. The van der Waals surface area contributed by atoms with E-state index in [1.54, 1.807) is 6.20 Å². The van der Waals surface area contributed by atoms with Crippen LogP contribution < -0.4 is 0 Å². The Labute approximate surface area is 92.6 Å². The molecule has 0 spiro atoms. The number of hydrogen-bond acceptors (Lipinski definition) is 2. The molecule has 0 radical (unpaired) electrons. The molecule has 0 N–H and O–H groups in total. The molecule has 3 nitrogen and oxygen atoms in total. The molecular formula is C13H9N3. The van der Waals surface area contributed by atoms with Crippen LogP contribution in [0, 0.1) is 11.3 Å². The van der Waals surface area contributed by atoms with E-state index < -0.39 is 0 Å². The molecule has 0 unspecified atom stereocenters. The number of benzene rings is 1. The van der Waals surface area contributed by atoms with Crippen molar-refractivity contribution in [2.75, 3.05) is 0 Å². The lowest BCUT2D eigenvalue weighted by molar-refractivity contribution is 1.01. The van der Waals surface area contributed by atoms with Crippen molar-refractivity contribution < 1.29 is 0 Å². The topological polar surface area (TPSA) is 41.6 Å². The van der Waals surface area contributed by atoms with E-state index in [1.165, 1.54) is 0 Å². The fourth-order valence-corrected chi connectivity index (χ4v) is 2.07. The van der Waals surface area contributed by atoms with Crippen molar-refractivity contribution in [3.63, 3.8) is 0 Å². The Morgan fingerprint density at radius 1 is 1.25 bits per heavy atom. The van der Waals surface area contributed by atoms with Crippen LogP contribution >= 0.6 is 0 Å². The lowest BCUT2D eigenvalue weighted by Crippen LogP contribution is -1.87. The second-order valence-corrected chi connectivity index (χ2v) is 3.78. The Kier molecular flexibility index (Phi) is 1.72. The van der Waals surface area contributed by atoms with Crippen molar-refractivity contribution in [1.29, 1.82) is 5.26 Å². The first-order valence-corrected chi connectivity index (χ1v) is 5.04. The summed E-state index contributed by atoms with van der Waals surface area (Å²) in [5.74, 6) is 0. The number of rotatable bonds is 0. The lowest BCUT2D eigenvalue weighted by atomic mass is 10.2. The fraction of sp³-hybridized carbons (Fsp3) is 0.0769. The van der Waals surface area contributed by atoms with Gasteiger partial charge >= 0.3 is 0 Å². The Morgan fingerprint density at radius 2 is 2.06 bits per heavy atom. The van der Waals surface area contributed by atoms with Gasteiger partial charge in [0.1, 0.15) is 6.07 Å². The molecule has 3 aromatic rings. The maximum absolute atomic E-state index is 8.86. The van der Waals surface area contributed by atoms with Gasteiger partial charge in [0.15, 0.2) is 0 Å². The van der Waals surface area contributed by atoms with Crippen LogP contribution in [-0.4, -0.2) is 9.55 Å². The summed E-state index contributed by atoms with van der Waals surface area (Å²) in [6.07, 6.45) is 1.62. The molecule has 16 heavy (non-hydrogen) atoms. The zero-order valence-corrected chi connectivity index (χ0v) is 8.81. The largest absolute Gasteiger partial charge is 0.342 e. The predicted octanol–water partition coefficient (Wildman–Crippen LogP) is 2.60. The van der Waals surface area contributed by atoms with E-state index in [-0.39, 0.29) is 0 Å². The zero-order chi connectivity index (χ0) is 11.1. The molecule has 0 amide bonds. The number of nitriles is 1. The highest BCUT2D eigenvalue weighted by Crippen LogP contribution is 2.26. The molecule has 3 rings (SSSR count). The fourth-order valence-electron chi connectivity index (χ4n) is 2.07. The number of aromatic nitrogens is 2. The van der Waals surface area contributed by atoms with E-state index in [1.807, 2.05) is 25.2 Å². The van der Waals surface area contributed by atoms with Crippen molar-refractivity contribution in [3.8, 4) is 6.07 Å². The summed E-state index contributed by atoms with van der Waals surface area (Å²) in [6, 6.07) is 12.1. The smallest absolute Gasteiger partial charge is 0.101 e. The molecule has 0 aliphatic heterocycles. The van der Waals surface area contributed by atoms with E-state index in [9.17, 15) is 0 Å². The summed E-state index contributed by atoms with van der Waals surface area (Å²) in [7, 11) is 1.99. The molecule has 0 saturated carbocycles. The van der Waals surface area contributed by atoms with Gasteiger partial charge in [0.25, 0.3) is 0 Å². The van der Waals surface area contributed by atoms with Crippen molar-refractivity contribution in [2.45, 2.75) is 0 Å². The average molecular weight is 207 g/mol. The molecule has 0 bridgehead atoms. The summed E-state index contributed by atoms with van der Waals surface area (Å²) < 4.78 is 2.07. The van der Waals surface area contributed by atoms with Gasteiger partial charge in [-0.25, -0.2) is 0 Å². The number of nitrogens with zero attached hydrogens (tertiary/aromatic N) is 3. The van der Waals surface area contributed by atoms with Crippen LogP contribution in [0.2, 0.25) is 0 Å². The standard InChI is InChI=1S/C13H9N3/c1-16-11-5-3-2-4-10(11)13-12(16)6-9(7-14)8-15-13/h2-6,8H,1H3. The highest BCUT2D eigenvalue weighted by Gasteiger charge is 2.08. The van der Waals surface area contributed by atoms with E-state index in [0.29, 0.717) is 5.56 Å². The van der Waals surface area contributed by atoms with E-state index >= 15 is 0 Å². The Morgan fingerprint density at radius 3 is 2.88 bits per heavy atom. The van der Waals surface area contributed by atoms with Crippen molar-refractivity contribution in [1.82, 2.24) is 9.55 Å². The van der Waals surface area contributed by atoms with Gasteiger partial charge in [-0.3, -0.25) is 4.98 Å². The summed E-state index contributed by atoms with van der Waals surface area (Å²) >= 11 is 0. The minimum Gasteiger partial charge on any atom is -0.342 e. The van der Waals surface area contributed by atoms with Crippen molar-refractivity contribution in [3.05, 3.63) is 42.1 Å². The molecule has 3 heteroatoms. The molecule has 0 fully saturated rings. The third-order valence-corrected chi connectivity index (χ3v) is 2.88. The summed E-state index contributed by atoms with van der Waals surface area (Å²) in [5, 5.41) is 9.99. The summed E-state index contributed by atoms with van der Waals surface area (Å²) in [5.41, 5.74) is 3.69. The highest BCUT2D eigenvalue weighted by atomic mass is 15.0. The Bertz CT molecular complexity index is 732. The van der Waals surface area contributed by atoms with Gasteiger partial charge in [0, 0.05) is 18.6 Å². The molecule has 0 aliphatic carbocycles. The third-order valence-electron chi connectivity index (χ3n) is 2.88. The maximum Gasteiger partial charge on any atom is 0.101 e. The molecular weight excluding hydrogens is 198 g/mol. The number of pyridine rings is 1. The van der Waals surface area contributed by atoms with Gasteiger partial charge in [0.2, 0.25) is 0 Å².